The summed E-state index contributed by atoms with van der Waals surface area (Å²) in [6, 6.07) is 4.64. The van der Waals surface area contributed by atoms with Crippen molar-refractivity contribution in [3.63, 3.8) is 0 Å². The highest BCUT2D eigenvalue weighted by atomic mass is 32.2. The number of sulfonamides is 1. The lowest BCUT2D eigenvalue weighted by atomic mass is 9.53. The number of halogens is 4. The molecular weight excluding hydrogens is 512 g/mol. The van der Waals surface area contributed by atoms with Crippen molar-refractivity contribution < 1.29 is 30.8 Å². The normalized spacial score (nSPS) is 30.1. The zero-order valence-corrected chi connectivity index (χ0v) is 20.9. The fourth-order valence-corrected chi connectivity index (χ4v) is 7.63. The first-order chi connectivity index (χ1) is 17.5. The van der Waals surface area contributed by atoms with E-state index in [2.05, 4.69) is 15.3 Å². The first-order valence-electron chi connectivity index (χ1n) is 12.3. The molecule has 2 unspecified atom stereocenters. The molecule has 3 saturated carbocycles. The van der Waals surface area contributed by atoms with Crippen LogP contribution in [0.5, 0.6) is 0 Å². The number of benzene rings is 1. The van der Waals surface area contributed by atoms with Crippen LogP contribution in [-0.2, 0) is 26.8 Å². The van der Waals surface area contributed by atoms with Crippen molar-refractivity contribution in [2.75, 3.05) is 6.54 Å². The number of carbonyl (C=O) groups is 1. The molecule has 2 aromatic rings. The Morgan fingerprint density at radius 1 is 1.08 bits per heavy atom. The van der Waals surface area contributed by atoms with Gasteiger partial charge in [-0.25, -0.2) is 35.9 Å². The number of alkyl halides is 3. The molecule has 6 rings (SSSR count). The number of rotatable bonds is 7. The Balaban J connectivity index is 1.27. The van der Waals surface area contributed by atoms with Gasteiger partial charge in [-0.2, -0.15) is 4.31 Å². The smallest absolute Gasteiger partial charge is 0.244 e. The van der Waals surface area contributed by atoms with E-state index in [0.717, 1.165) is 34.3 Å². The number of amides is 1. The van der Waals surface area contributed by atoms with Crippen molar-refractivity contribution in [2.45, 2.75) is 80.4 Å². The summed E-state index contributed by atoms with van der Waals surface area (Å²) in [5.74, 6) is -1.28. The SMILES string of the molecule is O=C(NCc1cc(C23CCC(C(F)F)(CC2)CC3)ncn1)C1CC(F)CN1S(=O)(=O)c1ccc(F)cc1. The highest BCUT2D eigenvalue weighted by molar-refractivity contribution is 7.89. The van der Waals surface area contributed by atoms with E-state index >= 15 is 0 Å². The summed E-state index contributed by atoms with van der Waals surface area (Å²) < 4.78 is 81.6. The Morgan fingerprint density at radius 2 is 1.73 bits per heavy atom. The maximum absolute atomic E-state index is 14.3. The van der Waals surface area contributed by atoms with Gasteiger partial charge in [-0.1, -0.05) is 0 Å². The standard InChI is InChI=1S/C25H28F4N4O3S/c26-16-1-3-19(4-2-16)37(35,36)33-14-17(27)11-20(33)22(34)30-13-18-12-21(32-15-31-18)24-5-8-25(9-6-24,10-7-24)23(28)29/h1-4,12,15,17,20,23H,5-11,13-14H2,(H,30,34). The van der Waals surface area contributed by atoms with Crippen LogP contribution in [0.4, 0.5) is 17.6 Å². The van der Waals surface area contributed by atoms with E-state index in [1.165, 1.54) is 6.33 Å². The second-order valence-electron chi connectivity index (χ2n) is 10.4. The fraction of sp³-hybridized carbons (Fsp3) is 0.560. The maximum Gasteiger partial charge on any atom is 0.244 e. The Labute approximate surface area is 212 Å². The van der Waals surface area contributed by atoms with Gasteiger partial charge >= 0.3 is 0 Å². The molecule has 1 saturated heterocycles. The second-order valence-corrected chi connectivity index (χ2v) is 12.3. The Kier molecular flexibility index (Phi) is 6.76. The van der Waals surface area contributed by atoms with E-state index in [0.29, 0.717) is 44.2 Å². The molecule has 2 bridgehead atoms. The Morgan fingerprint density at radius 3 is 2.35 bits per heavy atom. The average molecular weight is 541 g/mol. The molecule has 1 aromatic heterocycles. The van der Waals surface area contributed by atoms with E-state index in [4.69, 9.17) is 0 Å². The van der Waals surface area contributed by atoms with Crippen LogP contribution >= 0.6 is 0 Å². The fourth-order valence-electron chi connectivity index (χ4n) is 6.01. The summed E-state index contributed by atoms with van der Waals surface area (Å²) in [5.41, 5.74) is 0.0817. The minimum Gasteiger partial charge on any atom is -0.349 e. The van der Waals surface area contributed by atoms with Gasteiger partial charge in [-0.15, -0.1) is 0 Å². The molecule has 1 N–H and O–H groups in total. The predicted octanol–water partition coefficient (Wildman–Crippen LogP) is 3.89. The van der Waals surface area contributed by atoms with Crippen molar-refractivity contribution >= 4 is 15.9 Å². The minimum atomic E-state index is -4.22. The van der Waals surface area contributed by atoms with Gasteiger partial charge in [0.2, 0.25) is 22.4 Å². The van der Waals surface area contributed by atoms with Crippen molar-refractivity contribution in [3.8, 4) is 0 Å². The molecule has 37 heavy (non-hydrogen) atoms. The summed E-state index contributed by atoms with van der Waals surface area (Å²) in [5, 5.41) is 2.65. The molecule has 4 aliphatic rings. The van der Waals surface area contributed by atoms with Crippen LogP contribution < -0.4 is 5.32 Å². The third-order valence-electron chi connectivity index (χ3n) is 8.41. The highest BCUT2D eigenvalue weighted by Crippen LogP contribution is 2.59. The lowest BCUT2D eigenvalue weighted by Gasteiger charge is -2.52. The molecule has 2 atom stereocenters. The van der Waals surface area contributed by atoms with Crippen LogP contribution in [0.15, 0.2) is 41.6 Å². The quantitative estimate of drug-likeness (QED) is 0.538. The van der Waals surface area contributed by atoms with Crippen LogP contribution in [0.1, 0.15) is 56.3 Å². The van der Waals surface area contributed by atoms with Crippen molar-refractivity contribution in [3.05, 3.63) is 53.9 Å². The molecule has 1 aliphatic heterocycles. The predicted molar refractivity (Wildman–Crippen MR) is 125 cm³/mol. The summed E-state index contributed by atoms with van der Waals surface area (Å²) >= 11 is 0. The van der Waals surface area contributed by atoms with Crippen molar-refractivity contribution in [1.29, 1.82) is 0 Å². The molecule has 7 nitrogen and oxygen atoms in total. The molecule has 0 spiro atoms. The van der Waals surface area contributed by atoms with Crippen LogP contribution in [0.3, 0.4) is 0 Å². The number of aromatic nitrogens is 2. The van der Waals surface area contributed by atoms with Gasteiger partial charge in [0.15, 0.2) is 0 Å². The number of hydrogen-bond donors (Lipinski definition) is 1. The number of nitrogens with one attached hydrogen (secondary N) is 1. The molecule has 12 heteroatoms. The molecule has 0 radical (unpaired) electrons. The summed E-state index contributed by atoms with van der Waals surface area (Å²) in [7, 11) is -4.22. The molecule has 1 aromatic carbocycles. The number of carbonyl (C=O) groups excluding carboxylic acids is 1. The highest BCUT2D eigenvalue weighted by Gasteiger charge is 2.54. The van der Waals surface area contributed by atoms with Gasteiger partial charge < -0.3 is 5.32 Å². The zero-order chi connectivity index (χ0) is 26.4. The van der Waals surface area contributed by atoms with Crippen molar-refractivity contribution in [2.24, 2.45) is 5.41 Å². The van der Waals surface area contributed by atoms with Crippen LogP contribution in [0, 0.1) is 11.2 Å². The zero-order valence-electron chi connectivity index (χ0n) is 20.0. The van der Waals surface area contributed by atoms with Gasteiger partial charge in [0.05, 0.1) is 22.8 Å². The second kappa shape index (κ2) is 9.61. The van der Waals surface area contributed by atoms with E-state index < -0.39 is 52.3 Å². The van der Waals surface area contributed by atoms with E-state index in [9.17, 15) is 30.8 Å². The molecule has 1 amide bonds. The van der Waals surface area contributed by atoms with E-state index in [1.54, 1.807) is 6.07 Å². The molecule has 2 heterocycles. The van der Waals surface area contributed by atoms with E-state index in [-0.39, 0.29) is 23.3 Å². The van der Waals surface area contributed by atoms with Gasteiger partial charge in [-0.05, 0) is 68.9 Å². The maximum atomic E-state index is 14.3. The summed E-state index contributed by atoms with van der Waals surface area (Å²) in [6.45, 7) is -0.499. The van der Waals surface area contributed by atoms with Crippen LogP contribution in [-0.4, -0.2) is 53.8 Å². The monoisotopic (exact) mass is 540 g/mol. The Hall–Kier alpha value is -2.60. The molecular formula is C25H28F4N4O3S. The summed E-state index contributed by atoms with van der Waals surface area (Å²) in [6.07, 6.45) is 0.454. The lowest BCUT2D eigenvalue weighted by Crippen LogP contribution is -2.48. The number of hydrogen-bond acceptors (Lipinski definition) is 5. The van der Waals surface area contributed by atoms with Crippen molar-refractivity contribution in [1.82, 2.24) is 19.6 Å². The van der Waals surface area contributed by atoms with Crippen LogP contribution in [0.25, 0.3) is 0 Å². The third-order valence-corrected chi connectivity index (χ3v) is 10.3. The van der Waals surface area contributed by atoms with Gasteiger partial charge in [0, 0.05) is 23.8 Å². The average Bonchev–Trinajstić information content (AvgIpc) is 3.31. The Bertz CT molecular complexity index is 1250. The largest absolute Gasteiger partial charge is 0.349 e. The first kappa shape index (κ1) is 26.0. The molecule has 200 valence electrons. The molecule has 3 aliphatic carbocycles. The number of nitrogens with zero attached hydrogens (tertiary/aromatic N) is 3. The summed E-state index contributed by atoms with van der Waals surface area (Å²) in [4.78, 5) is 21.4. The van der Waals surface area contributed by atoms with Gasteiger partial charge in [-0.3, -0.25) is 4.79 Å². The topological polar surface area (TPSA) is 92.3 Å². The van der Waals surface area contributed by atoms with Gasteiger partial charge in [0.1, 0.15) is 24.4 Å². The first-order valence-corrected chi connectivity index (χ1v) is 13.8. The van der Waals surface area contributed by atoms with Crippen LogP contribution in [0.2, 0.25) is 0 Å². The van der Waals surface area contributed by atoms with Gasteiger partial charge in [0.25, 0.3) is 0 Å². The molecule has 4 fully saturated rings. The number of fused-ring (bicyclic) bond motifs is 3. The lowest BCUT2D eigenvalue weighted by molar-refractivity contribution is -0.124. The minimum absolute atomic E-state index is 0.0245. The van der Waals surface area contributed by atoms with E-state index in [1.807, 2.05) is 0 Å². The third kappa shape index (κ3) is 4.73.